The zero-order chi connectivity index (χ0) is 13.8. The molecular weight excluding hydrogens is 246 g/mol. The van der Waals surface area contributed by atoms with Crippen LogP contribution in [0.5, 0.6) is 0 Å². The number of rotatable bonds is 3. The molecule has 0 unspecified atom stereocenters. The van der Waals surface area contributed by atoms with Gasteiger partial charge in [-0.3, -0.25) is 10.1 Å². The lowest BCUT2D eigenvalue weighted by Gasteiger charge is -2.29. The van der Waals surface area contributed by atoms with Crippen LogP contribution in [0.1, 0.15) is 18.5 Å². The van der Waals surface area contributed by atoms with E-state index in [1.54, 1.807) is 12.1 Å². The molecule has 2 heterocycles. The fourth-order valence-corrected chi connectivity index (χ4v) is 2.12. The van der Waals surface area contributed by atoms with E-state index in [4.69, 9.17) is 5.26 Å². The maximum absolute atomic E-state index is 10.7. The Morgan fingerprint density at radius 3 is 2.79 bits per heavy atom. The molecule has 0 atom stereocenters. The molecule has 7 nitrogen and oxygen atoms in total. The second-order valence-corrected chi connectivity index (χ2v) is 4.66. The van der Waals surface area contributed by atoms with Gasteiger partial charge < -0.3 is 10.2 Å². The third-order valence-corrected chi connectivity index (χ3v) is 3.25. The molecule has 1 aromatic rings. The Morgan fingerprint density at radius 2 is 2.21 bits per heavy atom. The molecule has 1 aliphatic rings. The summed E-state index contributed by atoms with van der Waals surface area (Å²) in [5, 5.41) is 22.8. The first kappa shape index (κ1) is 13.2. The molecule has 1 aromatic heterocycles. The van der Waals surface area contributed by atoms with Crippen LogP contribution in [0.25, 0.3) is 0 Å². The second-order valence-electron chi connectivity index (χ2n) is 4.66. The van der Waals surface area contributed by atoms with Gasteiger partial charge in [0.25, 0.3) is 0 Å². The maximum Gasteiger partial charge on any atom is 0.305 e. The quantitative estimate of drug-likeness (QED) is 0.652. The zero-order valence-corrected chi connectivity index (χ0v) is 10.7. The van der Waals surface area contributed by atoms with Crippen LogP contribution in [-0.2, 0) is 0 Å². The molecule has 0 saturated carbocycles. The topological polar surface area (TPSA) is 95.1 Å². The molecule has 100 valence electrons. The van der Waals surface area contributed by atoms with Crippen LogP contribution in [0.2, 0.25) is 0 Å². The van der Waals surface area contributed by atoms with E-state index in [0.29, 0.717) is 11.9 Å². The predicted molar refractivity (Wildman–Crippen MR) is 69.7 cm³/mol. The molecule has 0 spiro atoms. The summed E-state index contributed by atoms with van der Waals surface area (Å²) in [5.74, 6) is 0.525. The molecule has 1 saturated heterocycles. The summed E-state index contributed by atoms with van der Waals surface area (Å²) >= 11 is 0. The average molecular weight is 261 g/mol. The molecule has 0 radical (unpaired) electrons. The van der Waals surface area contributed by atoms with E-state index in [1.807, 2.05) is 0 Å². The van der Waals surface area contributed by atoms with Crippen LogP contribution in [0, 0.1) is 21.4 Å². The van der Waals surface area contributed by atoms with Crippen molar-refractivity contribution in [1.82, 2.24) is 9.88 Å². The van der Waals surface area contributed by atoms with Crippen LogP contribution in [0.3, 0.4) is 0 Å². The van der Waals surface area contributed by atoms with Crippen LogP contribution in [0.15, 0.2) is 12.1 Å². The monoisotopic (exact) mass is 261 g/mol. The lowest BCUT2D eigenvalue weighted by atomic mass is 10.1. The molecule has 1 fully saturated rings. The third-order valence-electron chi connectivity index (χ3n) is 3.25. The number of hydrogen-bond acceptors (Lipinski definition) is 6. The second kappa shape index (κ2) is 5.63. The normalized spacial score (nSPS) is 16.8. The summed E-state index contributed by atoms with van der Waals surface area (Å²) in [4.78, 5) is 16.4. The third kappa shape index (κ3) is 3.17. The molecule has 0 aromatic carbocycles. The summed E-state index contributed by atoms with van der Waals surface area (Å²) in [5.41, 5.74) is -0.403. The Morgan fingerprint density at radius 1 is 1.53 bits per heavy atom. The Bertz CT molecular complexity index is 517. The molecule has 0 amide bonds. The number of nitrogens with one attached hydrogen (secondary N) is 1. The van der Waals surface area contributed by atoms with Gasteiger partial charge in [-0.25, -0.2) is 4.98 Å². The molecule has 0 bridgehead atoms. The number of nitrogens with zero attached hydrogens (tertiary/aromatic N) is 4. The lowest BCUT2D eigenvalue weighted by Crippen LogP contribution is -2.36. The van der Waals surface area contributed by atoms with Gasteiger partial charge in [0.15, 0.2) is 0 Å². The van der Waals surface area contributed by atoms with Gasteiger partial charge in [-0.05, 0) is 39.0 Å². The highest BCUT2D eigenvalue weighted by Crippen LogP contribution is 2.20. The molecule has 1 aliphatic heterocycles. The smallest absolute Gasteiger partial charge is 0.305 e. The van der Waals surface area contributed by atoms with Crippen LogP contribution in [0.4, 0.5) is 11.5 Å². The minimum Gasteiger partial charge on any atom is -0.367 e. The van der Waals surface area contributed by atoms with Crippen LogP contribution < -0.4 is 5.32 Å². The minimum atomic E-state index is -0.592. The molecular formula is C12H15N5O2. The Hall–Kier alpha value is -2.20. The van der Waals surface area contributed by atoms with Crippen molar-refractivity contribution in [1.29, 1.82) is 5.26 Å². The molecule has 1 N–H and O–H groups in total. The van der Waals surface area contributed by atoms with Crippen molar-refractivity contribution in [2.75, 3.05) is 25.5 Å². The van der Waals surface area contributed by atoms with Crippen molar-refractivity contribution < 1.29 is 4.92 Å². The highest BCUT2D eigenvalue weighted by Gasteiger charge is 2.19. The SMILES string of the molecule is CN1CCC(Nc2ccc([N+](=O)[O-])c(C#N)n2)CC1. The summed E-state index contributed by atoms with van der Waals surface area (Å²) in [6.45, 7) is 2.02. The Labute approximate surface area is 111 Å². The molecule has 19 heavy (non-hydrogen) atoms. The van der Waals surface area contributed by atoms with Gasteiger partial charge in [-0.15, -0.1) is 0 Å². The van der Waals surface area contributed by atoms with Crippen LogP contribution >= 0.6 is 0 Å². The summed E-state index contributed by atoms with van der Waals surface area (Å²) in [7, 11) is 2.08. The number of nitriles is 1. The first-order chi connectivity index (χ1) is 9.10. The van der Waals surface area contributed by atoms with Gasteiger partial charge in [-0.2, -0.15) is 5.26 Å². The number of anilines is 1. The van der Waals surface area contributed by atoms with E-state index < -0.39 is 4.92 Å². The lowest BCUT2D eigenvalue weighted by molar-refractivity contribution is -0.385. The molecule has 7 heteroatoms. The standard InChI is InChI=1S/C12H15N5O2/c1-16-6-4-9(5-7-16)14-12-3-2-11(17(18)19)10(8-13)15-12/h2-3,9H,4-7H2,1H3,(H,14,15). The minimum absolute atomic E-state index is 0.150. The van der Waals surface area contributed by atoms with Crippen molar-refractivity contribution in [2.24, 2.45) is 0 Å². The van der Waals surface area contributed by atoms with Gasteiger partial charge in [0, 0.05) is 12.1 Å². The van der Waals surface area contributed by atoms with Crippen LogP contribution in [-0.4, -0.2) is 41.0 Å². The van der Waals surface area contributed by atoms with Gasteiger partial charge in [0.05, 0.1) is 4.92 Å². The number of nitro groups is 1. The predicted octanol–water partition coefficient (Wildman–Crippen LogP) is 1.37. The first-order valence-electron chi connectivity index (χ1n) is 6.11. The van der Waals surface area contributed by atoms with E-state index in [0.717, 1.165) is 25.9 Å². The fraction of sp³-hybridized carbons (Fsp3) is 0.500. The zero-order valence-electron chi connectivity index (χ0n) is 10.7. The molecule has 0 aliphatic carbocycles. The highest BCUT2D eigenvalue weighted by atomic mass is 16.6. The van der Waals surface area contributed by atoms with Gasteiger partial charge in [0.1, 0.15) is 11.9 Å². The highest BCUT2D eigenvalue weighted by molar-refractivity contribution is 5.50. The van der Waals surface area contributed by atoms with E-state index in [1.165, 1.54) is 6.07 Å². The molecule has 2 rings (SSSR count). The van der Waals surface area contributed by atoms with Crippen molar-refractivity contribution >= 4 is 11.5 Å². The summed E-state index contributed by atoms with van der Waals surface area (Å²) < 4.78 is 0. The van der Waals surface area contributed by atoms with E-state index in [2.05, 4.69) is 22.2 Å². The Kier molecular flexibility index (Phi) is 3.92. The number of hydrogen-bond donors (Lipinski definition) is 1. The van der Waals surface area contributed by atoms with E-state index in [-0.39, 0.29) is 11.4 Å². The summed E-state index contributed by atoms with van der Waals surface area (Å²) in [6.07, 6.45) is 1.99. The van der Waals surface area contributed by atoms with Crippen molar-refractivity contribution in [3.8, 4) is 6.07 Å². The van der Waals surface area contributed by atoms with Gasteiger partial charge in [0.2, 0.25) is 5.69 Å². The van der Waals surface area contributed by atoms with Crippen molar-refractivity contribution in [3.63, 3.8) is 0 Å². The average Bonchev–Trinajstić information content (AvgIpc) is 2.41. The van der Waals surface area contributed by atoms with E-state index in [9.17, 15) is 10.1 Å². The van der Waals surface area contributed by atoms with Gasteiger partial charge >= 0.3 is 5.69 Å². The number of aromatic nitrogens is 1. The van der Waals surface area contributed by atoms with Gasteiger partial charge in [-0.1, -0.05) is 0 Å². The van der Waals surface area contributed by atoms with Crippen molar-refractivity contribution in [2.45, 2.75) is 18.9 Å². The fourth-order valence-electron chi connectivity index (χ4n) is 2.12. The summed E-state index contributed by atoms with van der Waals surface area (Å²) in [6, 6.07) is 4.94. The van der Waals surface area contributed by atoms with E-state index >= 15 is 0 Å². The number of pyridine rings is 1. The largest absolute Gasteiger partial charge is 0.367 e. The number of likely N-dealkylation sites (tertiary alicyclic amines) is 1. The first-order valence-corrected chi connectivity index (χ1v) is 6.11. The number of piperidine rings is 1. The Balaban J connectivity index is 2.09. The maximum atomic E-state index is 10.7. The van der Waals surface area contributed by atoms with Crippen molar-refractivity contribution in [3.05, 3.63) is 27.9 Å².